The largest absolute Gasteiger partial charge is 0.336 e. The quantitative estimate of drug-likeness (QED) is 0.866. The van der Waals surface area contributed by atoms with Crippen LogP contribution in [0.4, 0.5) is 20.3 Å². The normalized spacial score (nSPS) is 18.5. The van der Waals surface area contributed by atoms with Crippen molar-refractivity contribution < 1.29 is 22.0 Å². The molecule has 0 aliphatic carbocycles. The molecule has 1 aromatic heterocycles. The highest BCUT2D eigenvalue weighted by atomic mass is 32.2. The third-order valence-corrected chi connectivity index (χ3v) is 5.93. The van der Waals surface area contributed by atoms with E-state index in [1.165, 1.54) is 24.1 Å². The minimum absolute atomic E-state index is 0.00829. The van der Waals surface area contributed by atoms with E-state index in [0.717, 1.165) is 18.5 Å². The average Bonchev–Trinajstić information content (AvgIpc) is 2.97. The number of nitrogens with zero attached hydrogens (tertiary/aromatic N) is 3. The molecule has 26 heavy (non-hydrogen) atoms. The molecule has 2 heterocycles. The van der Waals surface area contributed by atoms with Crippen molar-refractivity contribution in [3.63, 3.8) is 0 Å². The Labute approximate surface area is 149 Å². The summed E-state index contributed by atoms with van der Waals surface area (Å²) in [6, 6.07) is 4.24. The molecule has 1 aromatic carbocycles. The maximum Gasteiger partial charge on any atom is 0.272 e. The molecule has 1 aliphatic rings. The van der Waals surface area contributed by atoms with Gasteiger partial charge in [0.15, 0.2) is 9.84 Å². The SMILES string of the molecule is CN(C(=O)c1cc(Nc2c(F)cccc2F)ncn1)C1CCS(=O)(=O)C1. The summed E-state index contributed by atoms with van der Waals surface area (Å²) in [5, 5.41) is 2.49. The third-order valence-electron chi connectivity index (χ3n) is 4.18. The Kier molecular flexibility index (Phi) is 4.86. The van der Waals surface area contributed by atoms with Crippen LogP contribution in [0.5, 0.6) is 0 Å². The minimum Gasteiger partial charge on any atom is -0.336 e. The average molecular weight is 382 g/mol. The van der Waals surface area contributed by atoms with Crippen LogP contribution >= 0.6 is 0 Å². The summed E-state index contributed by atoms with van der Waals surface area (Å²) in [5.74, 6) is -2.11. The van der Waals surface area contributed by atoms with Crippen LogP contribution in [-0.2, 0) is 9.84 Å². The fraction of sp³-hybridized carbons (Fsp3) is 0.312. The van der Waals surface area contributed by atoms with Crippen molar-refractivity contribution in [1.29, 1.82) is 0 Å². The van der Waals surface area contributed by atoms with Gasteiger partial charge < -0.3 is 10.2 Å². The molecule has 10 heteroatoms. The Morgan fingerprint density at radius 2 is 1.96 bits per heavy atom. The van der Waals surface area contributed by atoms with Crippen LogP contribution in [0.2, 0.25) is 0 Å². The Hall–Kier alpha value is -2.62. The Morgan fingerprint density at radius 1 is 1.27 bits per heavy atom. The van der Waals surface area contributed by atoms with Gasteiger partial charge in [-0.2, -0.15) is 0 Å². The molecule has 1 atom stereocenters. The van der Waals surface area contributed by atoms with Gasteiger partial charge in [-0.15, -0.1) is 0 Å². The molecule has 0 saturated carbocycles. The predicted octanol–water partition coefficient (Wildman–Crippen LogP) is 1.76. The number of halogens is 2. The lowest BCUT2D eigenvalue weighted by Gasteiger charge is -2.23. The Balaban J connectivity index is 1.80. The summed E-state index contributed by atoms with van der Waals surface area (Å²) >= 11 is 0. The lowest BCUT2D eigenvalue weighted by molar-refractivity contribution is 0.0741. The van der Waals surface area contributed by atoms with Crippen LogP contribution < -0.4 is 5.32 Å². The minimum atomic E-state index is -3.14. The molecule has 1 fully saturated rings. The van der Waals surface area contributed by atoms with E-state index < -0.39 is 33.4 Å². The number of para-hydroxylation sites is 1. The van der Waals surface area contributed by atoms with E-state index in [2.05, 4.69) is 15.3 Å². The van der Waals surface area contributed by atoms with E-state index in [9.17, 15) is 22.0 Å². The Bertz CT molecular complexity index is 932. The molecule has 1 unspecified atom stereocenters. The maximum atomic E-state index is 13.7. The molecular formula is C16H16F2N4O3S. The second kappa shape index (κ2) is 6.94. The molecule has 2 aromatic rings. The van der Waals surface area contributed by atoms with Crippen molar-refractivity contribution in [2.45, 2.75) is 12.5 Å². The fourth-order valence-corrected chi connectivity index (χ4v) is 4.49. The van der Waals surface area contributed by atoms with E-state index in [1.54, 1.807) is 0 Å². The molecule has 0 spiro atoms. The lowest BCUT2D eigenvalue weighted by Crippen LogP contribution is -2.38. The molecule has 138 valence electrons. The van der Waals surface area contributed by atoms with Crippen molar-refractivity contribution in [2.75, 3.05) is 23.9 Å². The summed E-state index contributed by atoms with van der Waals surface area (Å²) in [4.78, 5) is 21.6. The molecule has 1 aliphatic heterocycles. The van der Waals surface area contributed by atoms with Gasteiger partial charge in [0.25, 0.3) is 5.91 Å². The van der Waals surface area contributed by atoms with Crippen molar-refractivity contribution >= 4 is 27.2 Å². The monoisotopic (exact) mass is 382 g/mol. The van der Waals surface area contributed by atoms with Gasteiger partial charge in [-0.25, -0.2) is 27.2 Å². The van der Waals surface area contributed by atoms with Crippen LogP contribution in [0.3, 0.4) is 0 Å². The zero-order valence-corrected chi connectivity index (χ0v) is 14.6. The van der Waals surface area contributed by atoms with Gasteiger partial charge in [0.05, 0.1) is 11.5 Å². The molecule has 0 bridgehead atoms. The number of sulfone groups is 1. The van der Waals surface area contributed by atoms with Crippen LogP contribution in [0.15, 0.2) is 30.6 Å². The van der Waals surface area contributed by atoms with E-state index >= 15 is 0 Å². The second-order valence-electron chi connectivity index (χ2n) is 5.98. The number of carbonyl (C=O) groups is 1. The molecule has 1 amide bonds. The highest BCUT2D eigenvalue weighted by Crippen LogP contribution is 2.23. The summed E-state index contributed by atoms with van der Waals surface area (Å²) in [7, 11) is -1.64. The van der Waals surface area contributed by atoms with Gasteiger partial charge in [0, 0.05) is 19.2 Å². The standard InChI is InChI=1S/C16H16F2N4O3S/c1-22(10-5-6-26(24,25)8-10)16(23)13-7-14(20-9-19-13)21-15-11(17)3-2-4-12(15)18/h2-4,7,9-10H,5-6,8H2,1H3,(H,19,20,21). The van der Waals surface area contributed by atoms with Crippen LogP contribution in [0.25, 0.3) is 0 Å². The van der Waals surface area contributed by atoms with Crippen molar-refractivity contribution in [2.24, 2.45) is 0 Å². The van der Waals surface area contributed by atoms with Gasteiger partial charge in [0.2, 0.25) is 0 Å². The number of aromatic nitrogens is 2. The summed E-state index contributed by atoms with van der Waals surface area (Å²) in [5.41, 5.74) is -0.397. The number of rotatable bonds is 4. The number of nitrogens with one attached hydrogen (secondary N) is 1. The number of hydrogen-bond donors (Lipinski definition) is 1. The van der Waals surface area contributed by atoms with Crippen molar-refractivity contribution in [3.8, 4) is 0 Å². The van der Waals surface area contributed by atoms with Gasteiger partial charge in [-0.05, 0) is 18.6 Å². The van der Waals surface area contributed by atoms with Crippen molar-refractivity contribution in [3.05, 3.63) is 47.9 Å². The molecule has 1 N–H and O–H groups in total. The van der Waals surface area contributed by atoms with E-state index in [4.69, 9.17) is 0 Å². The fourth-order valence-electron chi connectivity index (χ4n) is 2.72. The molecular weight excluding hydrogens is 366 g/mol. The van der Waals surface area contributed by atoms with Gasteiger partial charge >= 0.3 is 0 Å². The third kappa shape index (κ3) is 3.79. The topological polar surface area (TPSA) is 92.3 Å². The van der Waals surface area contributed by atoms with Gasteiger partial charge in [0.1, 0.15) is 35.2 Å². The maximum absolute atomic E-state index is 13.7. The molecule has 7 nitrogen and oxygen atoms in total. The summed E-state index contributed by atoms with van der Waals surface area (Å²) in [6.45, 7) is 0. The first-order chi connectivity index (χ1) is 12.3. The van der Waals surface area contributed by atoms with Gasteiger partial charge in [-0.3, -0.25) is 4.79 Å². The number of benzene rings is 1. The highest BCUT2D eigenvalue weighted by Gasteiger charge is 2.33. The second-order valence-corrected chi connectivity index (χ2v) is 8.21. The zero-order valence-electron chi connectivity index (χ0n) is 13.8. The summed E-state index contributed by atoms with van der Waals surface area (Å²) < 4.78 is 50.6. The zero-order chi connectivity index (χ0) is 18.9. The molecule has 0 radical (unpaired) electrons. The van der Waals surface area contributed by atoms with E-state index in [0.29, 0.717) is 6.42 Å². The smallest absolute Gasteiger partial charge is 0.272 e. The Morgan fingerprint density at radius 3 is 2.58 bits per heavy atom. The first kappa shape index (κ1) is 18.2. The van der Waals surface area contributed by atoms with Crippen LogP contribution in [0.1, 0.15) is 16.9 Å². The lowest BCUT2D eigenvalue weighted by atomic mass is 10.2. The number of anilines is 2. The number of carbonyl (C=O) groups excluding carboxylic acids is 1. The van der Waals surface area contributed by atoms with E-state index in [1.807, 2.05) is 0 Å². The molecule has 3 rings (SSSR count). The van der Waals surface area contributed by atoms with Crippen molar-refractivity contribution in [1.82, 2.24) is 14.9 Å². The van der Waals surface area contributed by atoms with Crippen LogP contribution in [-0.4, -0.2) is 53.8 Å². The number of hydrogen-bond acceptors (Lipinski definition) is 6. The highest BCUT2D eigenvalue weighted by molar-refractivity contribution is 7.91. The molecule has 1 saturated heterocycles. The van der Waals surface area contributed by atoms with Gasteiger partial charge in [-0.1, -0.05) is 6.07 Å². The van der Waals surface area contributed by atoms with E-state index in [-0.39, 0.29) is 28.7 Å². The predicted molar refractivity (Wildman–Crippen MR) is 90.8 cm³/mol. The first-order valence-corrected chi connectivity index (χ1v) is 9.59. The van der Waals surface area contributed by atoms with Crippen LogP contribution in [0, 0.1) is 11.6 Å². The number of amides is 1. The first-order valence-electron chi connectivity index (χ1n) is 7.77. The summed E-state index contributed by atoms with van der Waals surface area (Å²) in [6.07, 6.45) is 1.45.